The molecule has 0 spiro atoms. The maximum atomic E-state index is 3.65. The number of alkyl halides is 1. The highest BCUT2D eigenvalue weighted by atomic mass is 79.9. The smallest absolute Gasteiger partial charge is 0.00911 e. The molecule has 1 saturated carbocycles. The van der Waals surface area contributed by atoms with E-state index in [0.29, 0.717) is 5.41 Å². The Labute approximate surface area is 101 Å². The summed E-state index contributed by atoms with van der Waals surface area (Å²) in [6.07, 6.45) is 4.05. The highest BCUT2D eigenvalue weighted by Crippen LogP contribution is 2.50. The van der Waals surface area contributed by atoms with E-state index in [2.05, 4.69) is 48.8 Å². The summed E-state index contributed by atoms with van der Waals surface area (Å²) >= 11 is 3.65. The standard InChI is InChI=1S/C14H19Br/c1-10-6-11(2)13(12(3)7-10)8-14(9-15)4-5-14/h6-7H,4-5,8-9H2,1-3H3. The second-order valence-electron chi connectivity index (χ2n) is 5.19. The van der Waals surface area contributed by atoms with Crippen LogP contribution in [0, 0.1) is 26.2 Å². The number of halogens is 1. The van der Waals surface area contributed by atoms with Crippen LogP contribution in [0.1, 0.15) is 35.1 Å². The van der Waals surface area contributed by atoms with Gasteiger partial charge < -0.3 is 0 Å². The monoisotopic (exact) mass is 266 g/mol. The van der Waals surface area contributed by atoms with Gasteiger partial charge in [-0.25, -0.2) is 0 Å². The topological polar surface area (TPSA) is 0 Å². The molecule has 0 bridgehead atoms. The molecule has 1 fully saturated rings. The van der Waals surface area contributed by atoms with Crippen LogP contribution in [0.25, 0.3) is 0 Å². The van der Waals surface area contributed by atoms with Crippen molar-refractivity contribution < 1.29 is 0 Å². The maximum Gasteiger partial charge on any atom is 0.00911 e. The minimum Gasteiger partial charge on any atom is -0.0922 e. The minimum absolute atomic E-state index is 0.588. The molecule has 82 valence electrons. The largest absolute Gasteiger partial charge is 0.0922 e. The molecule has 1 heteroatoms. The third-order valence-corrected chi connectivity index (χ3v) is 4.82. The van der Waals surface area contributed by atoms with E-state index in [1.54, 1.807) is 5.56 Å². The van der Waals surface area contributed by atoms with E-state index in [4.69, 9.17) is 0 Å². The summed E-state index contributed by atoms with van der Waals surface area (Å²) in [5.41, 5.74) is 6.50. The fraction of sp³-hybridized carbons (Fsp3) is 0.571. The van der Waals surface area contributed by atoms with Crippen LogP contribution in [0.2, 0.25) is 0 Å². The van der Waals surface area contributed by atoms with Gasteiger partial charge in [-0.2, -0.15) is 0 Å². The Kier molecular flexibility index (Phi) is 2.94. The molecule has 0 radical (unpaired) electrons. The molecule has 0 aliphatic heterocycles. The fourth-order valence-electron chi connectivity index (χ4n) is 2.40. The molecular weight excluding hydrogens is 248 g/mol. The third-order valence-electron chi connectivity index (χ3n) is 3.63. The van der Waals surface area contributed by atoms with Gasteiger partial charge >= 0.3 is 0 Å². The Morgan fingerprint density at radius 1 is 1.13 bits per heavy atom. The zero-order valence-electron chi connectivity index (χ0n) is 9.86. The molecule has 0 heterocycles. The van der Waals surface area contributed by atoms with Crippen LogP contribution in [-0.4, -0.2) is 5.33 Å². The van der Waals surface area contributed by atoms with Crippen molar-refractivity contribution in [1.29, 1.82) is 0 Å². The molecule has 2 rings (SSSR count). The maximum absolute atomic E-state index is 3.65. The number of hydrogen-bond acceptors (Lipinski definition) is 0. The van der Waals surface area contributed by atoms with Gasteiger partial charge in [0.25, 0.3) is 0 Å². The van der Waals surface area contributed by atoms with Crippen molar-refractivity contribution in [2.45, 2.75) is 40.0 Å². The lowest BCUT2D eigenvalue weighted by molar-refractivity contribution is 0.582. The zero-order chi connectivity index (χ0) is 11.1. The normalized spacial score (nSPS) is 17.9. The summed E-state index contributed by atoms with van der Waals surface area (Å²) in [6, 6.07) is 4.62. The molecule has 15 heavy (non-hydrogen) atoms. The number of rotatable bonds is 3. The second-order valence-corrected chi connectivity index (χ2v) is 5.75. The third kappa shape index (κ3) is 2.28. The summed E-state index contributed by atoms with van der Waals surface area (Å²) in [5, 5.41) is 1.16. The van der Waals surface area contributed by atoms with Crippen LogP contribution in [0.3, 0.4) is 0 Å². The first-order chi connectivity index (χ1) is 7.06. The van der Waals surface area contributed by atoms with Crippen molar-refractivity contribution in [2.75, 3.05) is 5.33 Å². The molecule has 0 nitrogen and oxygen atoms in total. The van der Waals surface area contributed by atoms with E-state index in [1.807, 2.05) is 0 Å². The molecule has 0 atom stereocenters. The van der Waals surface area contributed by atoms with Crippen LogP contribution in [-0.2, 0) is 6.42 Å². The Morgan fingerprint density at radius 3 is 2.07 bits per heavy atom. The average Bonchev–Trinajstić information content (AvgIpc) is 2.92. The highest BCUT2D eigenvalue weighted by molar-refractivity contribution is 9.09. The van der Waals surface area contributed by atoms with E-state index in [9.17, 15) is 0 Å². The summed E-state index contributed by atoms with van der Waals surface area (Å²) in [7, 11) is 0. The van der Waals surface area contributed by atoms with Crippen molar-refractivity contribution in [3.8, 4) is 0 Å². The van der Waals surface area contributed by atoms with E-state index in [-0.39, 0.29) is 0 Å². The highest BCUT2D eigenvalue weighted by Gasteiger charge is 2.41. The van der Waals surface area contributed by atoms with E-state index < -0.39 is 0 Å². The number of hydrogen-bond donors (Lipinski definition) is 0. The second kappa shape index (κ2) is 3.93. The first-order valence-corrected chi connectivity index (χ1v) is 6.81. The van der Waals surface area contributed by atoms with Crippen LogP contribution >= 0.6 is 15.9 Å². The van der Waals surface area contributed by atoms with Gasteiger partial charge in [0.05, 0.1) is 0 Å². The number of aryl methyl sites for hydroxylation is 3. The zero-order valence-corrected chi connectivity index (χ0v) is 11.4. The van der Waals surface area contributed by atoms with Crippen LogP contribution in [0.15, 0.2) is 12.1 Å². The molecular formula is C14H19Br. The van der Waals surface area contributed by atoms with Crippen molar-refractivity contribution in [1.82, 2.24) is 0 Å². The summed E-state index contributed by atoms with van der Waals surface area (Å²) < 4.78 is 0. The van der Waals surface area contributed by atoms with Gasteiger partial charge in [0, 0.05) is 5.33 Å². The Balaban J connectivity index is 2.28. The molecule has 1 aliphatic rings. The van der Waals surface area contributed by atoms with Gasteiger partial charge in [0.2, 0.25) is 0 Å². The average molecular weight is 267 g/mol. The van der Waals surface area contributed by atoms with Gasteiger partial charge in [-0.05, 0) is 62.1 Å². The van der Waals surface area contributed by atoms with E-state index >= 15 is 0 Å². The Hall–Kier alpha value is -0.300. The molecule has 0 aromatic heterocycles. The first-order valence-electron chi connectivity index (χ1n) is 5.69. The lowest BCUT2D eigenvalue weighted by Gasteiger charge is -2.16. The van der Waals surface area contributed by atoms with Crippen molar-refractivity contribution in [2.24, 2.45) is 5.41 Å². The van der Waals surface area contributed by atoms with E-state index in [1.165, 1.54) is 36.0 Å². The van der Waals surface area contributed by atoms with Crippen LogP contribution < -0.4 is 0 Å². The first kappa shape index (κ1) is 11.2. The Morgan fingerprint density at radius 2 is 1.67 bits per heavy atom. The molecule has 0 unspecified atom stereocenters. The quantitative estimate of drug-likeness (QED) is 0.715. The molecule has 0 N–H and O–H groups in total. The SMILES string of the molecule is Cc1cc(C)c(CC2(CBr)CC2)c(C)c1. The number of benzene rings is 1. The van der Waals surface area contributed by atoms with E-state index in [0.717, 1.165) is 5.33 Å². The summed E-state index contributed by atoms with van der Waals surface area (Å²) in [4.78, 5) is 0. The van der Waals surface area contributed by atoms with Gasteiger partial charge in [0.15, 0.2) is 0 Å². The lowest BCUT2D eigenvalue weighted by Crippen LogP contribution is -2.09. The molecule has 0 amide bonds. The molecule has 1 aromatic carbocycles. The van der Waals surface area contributed by atoms with Gasteiger partial charge in [-0.15, -0.1) is 0 Å². The predicted octanol–water partition coefficient (Wildman–Crippen LogP) is 4.33. The molecule has 0 saturated heterocycles. The summed E-state index contributed by atoms with van der Waals surface area (Å²) in [6.45, 7) is 6.68. The van der Waals surface area contributed by atoms with Crippen molar-refractivity contribution in [3.05, 3.63) is 34.4 Å². The lowest BCUT2D eigenvalue weighted by atomic mass is 9.90. The van der Waals surface area contributed by atoms with Crippen molar-refractivity contribution >= 4 is 15.9 Å². The fourth-order valence-corrected chi connectivity index (χ4v) is 3.16. The Bertz CT molecular complexity index is 352. The molecule has 1 aromatic rings. The molecule has 1 aliphatic carbocycles. The van der Waals surface area contributed by atoms with Crippen LogP contribution in [0.4, 0.5) is 0 Å². The van der Waals surface area contributed by atoms with Crippen molar-refractivity contribution in [3.63, 3.8) is 0 Å². The predicted molar refractivity (Wildman–Crippen MR) is 69.8 cm³/mol. The van der Waals surface area contributed by atoms with Gasteiger partial charge in [0.1, 0.15) is 0 Å². The van der Waals surface area contributed by atoms with Crippen LogP contribution in [0.5, 0.6) is 0 Å². The van der Waals surface area contributed by atoms with Gasteiger partial charge in [-0.3, -0.25) is 0 Å². The minimum atomic E-state index is 0.588. The van der Waals surface area contributed by atoms with Gasteiger partial charge in [-0.1, -0.05) is 33.6 Å². The summed E-state index contributed by atoms with van der Waals surface area (Å²) in [5.74, 6) is 0.